The average molecular weight is 350 g/mol. The van der Waals surface area contributed by atoms with Crippen LogP contribution in [0.5, 0.6) is 11.5 Å². The standard InChI is InChI=1S/C15H14N2O6S/c1-9(18)17-24(21,22)13-8-10(15(19)20)7-12(16)14(13)23-11-5-3-2-4-6-11/h2-8H,16H2,1H3,(H,17,18)(H,19,20). The van der Waals surface area contributed by atoms with Crippen molar-refractivity contribution in [2.24, 2.45) is 0 Å². The third kappa shape index (κ3) is 3.82. The summed E-state index contributed by atoms with van der Waals surface area (Å²) in [5, 5.41) is 9.08. The SMILES string of the molecule is CC(=O)NS(=O)(=O)c1cc(C(=O)O)cc(N)c1Oc1ccccc1. The van der Waals surface area contributed by atoms with Crippen LogP contribution in [0.1, 0.15) is 17.3 Å². The number of nitrogens with one attached hydrogen (secondary N) is 1. The number of para-hydroxylation sites is 1. The highest BCUT2D eigenvalue weighted by Gasteiger charge is 2.26. The minimum absolute atomic E-state index is 0.192. The first-order valence-electron chi connectivity index (χ1n) is 6.64. The second kappa shape index (κ2) is 6.59. The van der Waals surface area contributed by atoms with Crippen molar-refractivity contribution in [2.75, 3.05) is 5.73 Å². The molecule has 4 N–H and O–H groups in total. The van der Waals surface area contributed by atoms with Gasteiger partial charge in [0.25, 0.3) is 10.0 Å². The minimum atomic E-state index is -4.36. The Balaban J connectivity index is 2.64. The van der Waals surface area contributed by atoms with Gasteiger partial charge < -0.3 is 15.6 Å². The lowest BCUT2D eigenvalue weighted by molar-refractivity contribution is -0.117. The summed E-state index contributed by atoms with van der Waals surface area (Å²) in [6, 6.07) is 10.2. The number of carbonyl (C=O) groups excluding carboxylic acids is 1. The maximum atomic E-state index is 12.3. The lowest BCUT2D eigenvalue weighted by Gasteiger charge is -2.15. The molecular weight excluding hydrogens is 336 g/mol. The number of sulfonamides is 1. The number of nitrogens with two attached hydrogens (primary N) is 1. The van der Waals surface area contributed by atoms with Gasteiger partial charge in [0.05, 0.1) is 11.3 Å². The van der Waals surface area contributed by atoms with Gasteiger partial charge in [0.1, 0.15) is 10.6 Å². The van der Waals surface area contributed by atoms with Crippen LogP contribution in [-0.2, 0) is 14.8 Å². The number of carboxylic acid groups (broad SMARTS) is 1. The molecule has 2 rings (SSSR count). The number of hydrogen-bond acceptors (Lipinski definition) is 6. The molecular formula is C15H14N2O6S. The van der Waals surface area contributed by atoms with E-state index in [9.17, 15) is 18.0 Å². The van der Waals surface area contributed by atoms with Crippen LogP contribution >= 0.6 is 0 Å². The molecule has 1 amide bonds. The van der Waals surface area contributed by atoms with Crippen molar-refractivity contribution in [3.05, 3.63) is 48.0 Å². The van der Waals surface area contributed by atoms with Crippen LogP contribution in [0.2, 0.25) is 0 Å². The van der Waals surface area contributed by atoms with E-state index in [1.807, 2.05) is 0 Å². The molecule has 8 nitrogen and oxygen atoms in total. The maximum Gasteiger partial charge on any atom is 0.335 e. The molecule has 0 unspecified atom stereocenters. The molecule has 0 saturated carbocycles. The monoisotopic (exact) mass is 350 g/mol. The van der Waals surface area contributed by atoms with E-state index in [0.717, 1.165) is 19.1 Å². The van der Waals surface area contributed by atoms with E-state index < -0.39 is 26.8 Å². The Bertz CT molecular complexity index is 894. The van der Waals surface area contributed by atoms with E-state index in [1.165, 1.54) is 0 Å². The van der Waals surface area contributed by atoms with Gasteiger partial charge in [-0.1, -0.05) is 18.2 Å². The molecule has 0 aromatic heterocycles. The predicted molar refractivity (Wildman–Crippen MR) is 85.3 cm³/mol. The third-order valence-corrected chi connectivity index (χ3v) is 4.30. The Morgan fingerprint density at radius 1 is 1.17 bits per heavy atom. The number of nitrogen functional groups attached to an aromatic ring is 1. The van der Waals surface area contributed by atoms with E-state index >= 15 is 0 Å². The quantitative estimate of drug-likeness (QED) is 0.696. The zero-order chi connectivity index (χ0) is 17.9. The summed E-state index contributed by atoms with van der Waals surface area (Å²) in [5.74, 6) is -2.17. The highest BCUT2D eigenvalue weighted by atomic mass is 32.2. The van der Waals surface area contributed by atoms with Crippen LogP contribution in [0.25, 0.3) is 0 Å². The fourth-order valence-corrected chi connectivity index (χ4v) is 3.08. The molecule has 9 heteroatoms. The smallest absolute Gasteiger partial charge is 0.335 e. The van der Waals surface area contributed by atoms with E-state index in [2.05, 4.69) is 0 Å². The zero-order valence-electron chi connectivity index (χ0n) is 12.5. The summed E-state index contributed by atoms with van der Waals surface area (Å²) in [6.07, 6.45) is 0. The number of hydrogen-bond donors (Lipinski definition) is 3. The molecule has 0 radical (unpaired) electrons. The number of amides is 1. The molecule has 0 fully saturated rings. The summed E-state index contributed by atoms with van der Waals surface area (Å²) < 4.78 is 31.9. The highest BCUT2D eigenvalue weighted by Crippen LogP contribution is 2.35. The molecule has 0 atom stereocenters. The summed E-state index contributed by atoms with van der Waals surface area (Å²) in [6.45, 7) is 1.01. The van der Waals surface area contributed by atoms with Gasteiger partial charge >= 0.3 is 5.97 Å². The Morgan fingerprint density at radius 3 is 2.33 bits per heavy atom. The molecule has 0 spiro atoms. The van der Waals surface area contributed by atoms with Gasteiger partial charge in [-0.25, -0.2) is 17.9 Å². The van der Waals surface area contributed by atoms with Gasteiger partial charge in [-0.15, -0.1) is 0 Å². The summed E-state index contributed by atoms with van der Waals surface area (Å²) in [7, 11) is -4.36. The highest BCUT2D eigenvalue weighted by molar-refractivity contribution is 7.90. The lowest BCUT2D eigenvalue weighted by atomic mass is 10.2. The Kier molecular flexibility index (Phi) is 4.74. The van der Waals surface area contributed by atoms with Gasteiger partial charge in [0.2, 0.25) is 5.91 Å². The number of anilines is 1. The second-order valence-electron chi connectivity index (χ2n) is 4.77. The van der Waals surface area contributed by atoms with Gasteiger partial charge in [0, 0.05) is 6.92 Å². The molecule has 0 bridgehead atoms. The van der Waals surface area contributed by atoms with Crippen LogP contribution in [0, 0.1) is 0 Å². The zero-order valence-corrected chi connectivity index (χ0v) is 13.3. The topological polar surface area (TPSA) is 136 Å². The van der Waals surface area contributed by atoms with Crippen molar-refractivity contribution in [1.29, 1.82) is 0 Å². The number of benzene rings is 2. The van der Waals surface area contributed by atoms with Crippen LogP contribution in [0.15, 0.2) is 47.4 Å². The predicted octanol–water partition coefficient (Wildman–Crippen LogP) is 1.58. The maximum absolute atomic E-state index is 12.3. The van der Waals surface area contributed by atoms with E-state index in [1.54, 1.807) is 35.1 Å². The van der Waals surface area contributed by atoms with Crippen molar-refractivity contribution in [3.8, 4) is 11.5 Å². The summed E-state index contributed by atoms with van der Waals surface area (Å²) >= 11 is 0. The number of aromatic carboxylic acids is 1. The van der Waals surface area contributed by atoms with E-state index in [4.69, 9.17) is 15.6 Å². The van der Waals surface area contributed by atoms with Crippen LogP contribution in [0.4, 0.5) is 5.69 Å². The Morgan fingerprint density at radius 2 is 1.79 bits per heavy atom. The molecule has 24 heavy (non-hydrogen) atoms. The van der Waals surface area contributed by atoms with Gasteiger partial charge in [-0.3, -0.25) is 4.79 Å². The normalized spacial score (nSPS) is 10.9. The van der Waals surface area contributed by atoms with Crippen molar-refractivity contribution in [2.45, 2.75) is 11.8 Å². The average Bonchev–Trinajstić information content (AvgIpc) is 2.48. The molecule has 0 saturated heterocycles. The first-order chi connectivity index (χ1) is 11.2. The molecule has 126 valence electrons. The molecule has 2 aromatic carbocycles. The molecule has 0 aliphatic heterocycles. The molecule has 0 aliphatic carbocycles. The van der Waals surface area contributed by atoms with Gasteiger partial charge in [-0.05, 0) is 24.3 Å². The van der Waals surface area contributed by atoms with Crippen LogP contribution in [-0.4, -0.2) is 25.4 Å². The Labute approximate surface area is 137 Å². The van der Waals surface area contributed by atoms with Crippen LogP contribution < -0.4 is 15.2 Å². The fraction of sp³-hybridized carbons (Fsp3) is 0.0667. The van der Waals surface area contributed by atoms with Crippen molar-refractivity contribution in [3.63, 3.8) is 0 Å². The lowest BCUT2D eigenvalue weighted by Crippen LogP contribution is -2.28. The van der Waals surface area contributed by atoms with E-state index in [-0.39, 0.29) is 17.0 Å². The number of ether oxygens (including phenoxy) is 1. The fourth-order valence-electron chi connectivity index (χ4n) is 1.91. The van der Waals surface area contributed by atoms with Gasteiger partial charge in [0.15, 0.2) is 5.75 Å². The molecule has 0 heterocycles. The number of rotatable bonds is 5. The van der Waals surface area contributed by atoms with Crippen molar-refractivity contribution < 1.29 is 27.9 Å². The third-order valence-electron chi connectivity index (χ3n) is 2.86. The van der Waals surface area contributed by atoms with E-state index in [0.29, 0.717) is 5.75 Å². The van der Waals surface area contributed by atoms with Gasteiger partial charge in [-0.2, -0.15) is 0 Å². The number of carbonyl (C=O) groups is 2. The summed E-state index contributed by atoms with van der Waals surface area (Å²) in [5.41, 5.74) is 5.23. The minimum Gasteiger partial charge on any atom is -0.478 e. The first kappa shape index (κ1) is 17.3. The molecule has 2 aromatic rings. The summed E-state index contributed by atoms with van der Waals surface area (Å²) in [4.78, 5) is 21.7. The largest absolute Gasteiger partial charge is 0.478 e. The van der Waals surface area contributed by atoms with Crippen LogP contribution in [0.3, 0.4) is 0 Å². The first-order valence-corrected chi connectivity index (χ1v) is 8.12. The Hall–Kier alpha value is -3.07. The second-order valence-corrected chi connectivity index (χ2v) is 6.43. The van der Waals surface area contributed by atoms with Crippen molar-refractivity contribution in [1.82, 2.24) is 4.72 Å². The molecule has 0 aliphatic rings. The number of carboxylic acids is 1. The van der Waals surface area contributed by atoms with Crippen molar-refractivity contribution >= 4 is 27.6 Å².